The van der Waals surface area contributed by atoms with E-state index in [0.29, 0.717) is 42.4 Å². The van der Waals surface area contributed by atoms with Crippen LogP contribution in [0.1, 0.15) is 25.7 Å². The Morgan fingerprint density at radius 1 is 1.23 bits per heavy atom. The van der Waals surface area contributed by atoms with E-state index in [1.54, 1.807) is 6.07 Å². The number of halogens is 2. The van der Waals surface area contributed by atoms with Crippen molar-refractivity contribution >= 4 is 22.7 Å². The summed E-state index contributed by atoms with van der Waals surface area (Å²) in [5.74, 6) is -1.64. The molecule has 0 saturated carbocycles. The zero-order chi connectivity index (χ0) is 18.5. The van der Waals surface area contributed by atoms with E-state index in [2.05, 4.69) is 25.5 Å². The molecule has 0 bridgehead atoms. The number of hydrogen-bond donors (Lipinski definition) is 3. The lowest BCUT2D eigenvalue weighted by atomic mass is 10.2. The molecule has 136 valence electrons. The van der Waals surface area contributed by atoms with Crippen molar-refractivity contribution in [3.05, 3.63) is 36.0 Å². The molecule has 0 spiro atoms. The Balaban J connectivity index is 1.71. The molecule has 0 amide bonds. The van der Waals surface area contributed by atoms with Gasteiger partial charge in [-0.05, 0) is 31.0 Å². The van der Waals surface area contributed by atoms with E-state index < -0.39 is 17.6 Å². The average Bonchev–Trinajstić information content (AvgIpc) is 3.02. The number of H-pyrrole nitrogens is 1. The minimum Gasteiger partial charge on any atom is -0.481 e. The van der Waals surface area contributed by atoms with Crippen LogP contribution in [0.5, 0.6) is 0 Å². The summed E-state index contributed by atoms with van der Waals surface area (Å²) in [5, 5.41) is 18.8. The molecule has 0 radical (unpaired) electrons. The van der Waals surface area contributed by atoms with Crippen LogP contribution in [0.2, 0.25) is 0 Å². The molecule has 26 heavy (non-hydrogen) atoms. The molecule has 7 nitrogen and oxygen atoms in total. The highest BCUT2D eigenvalue weighted by atomic mass is 19.1. The van der Waals surface area contributed by atoms with Crippen LogP contribution < -0.4 is 5.32 Å². The van der Waals surface area contributed by atoms with Gasteiger partial charge in [-0.25, -0.2) is 18.7 Å². The SMILES string of the molecule is O=C(O)CCCCCNc1nc(-c2n[nH]c3ccc(F)cc23)ncc1F. The summed E-state index contributed by atoms with van der Waals surface area (Å²) in [6, 6.07) is 4.19. The fourth-order valence-electron chi connectivity index (χ4n) is 2.55. The number of nitrogens with one attached hydrogen (secondary N) is 2. The summed E-state index contributed by atoms with van der Waals surface area (Å²) in [7, 11) is 0. The number of aliphatic carboxylic acids is 1. The Bertz CT molecular complexity index is 929. The molecule has 2 aromatic heterocycles. The van der Waals surface area contributed by atoms with Crippen LogP contribution in [-0.2, 0) is 4.79 Å². The zero-order valence-corrected chi connectivity index (χ0v) is 13.8. The number of anilines is 1. The highest BCUT2D eigenvalue weighted by Gasteiger charge is 2.14. The predicted octanol–water partition coefficient (Wildman–Crippen LogP) is 3.36. The Labute approximate surface area is 147 Å². The summed E-state index contributed by atoms with van der Waals surface area (Å²) in [5.41, 5.74) is 0.964. The summed E-state index contributed by atoms with van der Waals surface area (Å²) in [4.78, 5) is 18.5. The number of carbonyl (C=O) groups is 1. The molecule has 0 unspecified atom stereocenters. The first-order valence-electron chi connectivity index (χ1n) is 8.17. The number of carboxylic acids is 1. The molecule has 0 fully saturated rings. The van der Waals surface area contributed by atoms with Crippen molar-refractivity contribution in [1.82, 2.24) is 20.2 Å². The first-order chi connectivity index (χ1) is 12.5. The topological polar surface area (TPSA) is 104 Å². The van der Waals surface area contributed by atoms with E-state index in [-0.39, 0.29) is 18.1 Å². The number of rotatable bonds is 8. The van der Waals surface area contributed by atoms with Gasteiger partial charge >= 0.3 is 5.97 Å². The fraction of sp³-hybridized carbons (Fsp3) is 0.294. The van der Waals surface area contributed by atoms with Gasteiger partial charge in [0.1, 0.15) is 11.5 Å². The second-order valence-corrected chi connectivity index (χ2v) is 5.78. The molecule has 0 aliphatic heterocycles. The summed E-state index contributed by atoms with van der Waals surface area (Å²) < 4.78 is 27.4. The molecular weight excluding hydrogens is 344 g/mol. The van der Waals surface area contributed by atoms with Gasteiger partial charge in [-0.2, -0.15) is 5.10 Å². The van der Waals surface area contributed by atoms with Gasteiger partial charge in [-0.15, -0.1) is 0 Å². The van der Waals surface area contributed by atoms with Crippen LogP contribution in [-0.4, -0.2) is 37.8 Å². The summed E-state index contributed by atoms with van der Waals surface area (Å²) in [6.07, 6.45) is 3.12. The Morgan fingerprint density at radius 2 is 2.08 bits per heavy atom. The molecule has 0 saturated heterocycles. The van der Waals surface area contributed by atoms with Crippen LogP contribution in [0, 0.1) is 11.6 Å². The lowest BCUT2D eigenvalue weighted by Gasteiger charge is -2.07. The number of unbranched alkanes of at least 4 members (excludes halogenated alkanes) is 2. The standard InChI is InChI=1S/C17H17F2N5O2/c18-10-5-6-13-11(8-10)15(24-23-13)17-21-9-12(19)16(22-17)20-7-3-1-2-4-14(25)26/h5-6,8-9H,1-4,7H2,(H,23,24)(H,25,26)(H,20,21,22). The van der Waals surface area contributed by atoms with E-state index in [4.69, 9.17) is 5.11 Å². The Morgan fingerprint density at radius 3 is 2.88 bits per heavy atom. The zero-order valence-electron chi connectivity index (χ0n) is 13.8. The van der Waals surface area contributed by atoms with Crippen molar-refractivity contribution in [3.63, 3.8) is 0 Å². The highest BCUT2D eigenvalue weighted by molar-refractivity contribution is 5.91. The lowest BCUT2D eigenvalue weighted by Crippen LogP contribution is -2.07. The minimum atomic E-state index is -0.827. The van der Waals surface area contributed by atoms with Gasteiger partial charge in [-0.3, -0.25) is 9.89 Å². The lowest BCUT2D eigenvalue weighted by molar-refractivity contribution is -0.137. The average molecular weight is 361 g/mol. The van der Waals surface area contributed by atoms with Gasteiger partial charge in [-0.1, -0.05) is 6.42 Å². The van der Waals surface area contributed by atoms with Crippen molar-refractivity contribution in [2.45, 2.75) is 25.7 Å². The van der Waals surface area contributed by atoms with Gasteiger partial charge in [0.2, 0.25) is 0 Å². The first-order valence-corrected chi connectivity index (χ1v) is 8.17. The Kier molecular flexibility index (Phi) is 5.35. The molecule has 9 heteroatoms. The maximum atomic E-state index is 13.9. The van der Waals surface area contributed by atoms with Crippen LogP contribution in [0.4, 0.5) is 14.6 Å². The van der Waals surface area contributed by atoms with Gasteiger partial charge in [0.25, 0.3) is 0 Å². The van der Waals surface area contributed by atoms with Crippen molar-refractivity contribution < 1.29 is 18.7 Å². The number of fused-ring (bicyclic) bond motifs is 1. The number of nitrogens with zero attached hydrogens (tertiary/aromatic N) is 3. The van der Waals surface area contributed by atoms with E-state index in [1.807, 2.05) is 0 Å². The molecule has 3 rings (SSSR count). The monoisotopic (exact) mass is 361 g/mol. The van der Waals surface area contributed by atoms with Crippen molar-refractivity contribution in [2.75, 3.05) is 11.9 Å². The highest BCUT2D eigenvalue weighted by Crippen LogP contribution is 2.25. The third kappa shape index (κ3) is 4.11. The maximum absolute atomic E-state index is 13.9. The van der Waals surface area contributed by atoms with Gasteiger partial charge in [0.15, 0.2) is 17.5 Å². The van der Waals surface area contributed by atoms with E-state index >= 15 is 0 Å². The Hall–Kier alpha value is -3.10. The molecule has 3 N–H and O–H groups in total. The minimum absolute atomic E-state index is 0.0285. The van der Waals surface area contributed by atoms with Crippen LogP contribution in [0.15, 0.2) is 24.4 Å². The van der Waals surface area contributed by atoms with Crippen LogP contribution >= 0.6 is 0 Å². The second-order valence-electron chi connectivity index (χ2n) is 5.78. The predicted molar refractivity (Wildman–Crippen MR) is 91.6 cm³/mol. The summed E-state index contributed by atoms with van der Waals surface area (Å²) >= 11 is 0. The van der Waals surface area contributed by atoms with Crippen LogP contribution in [0.25, 0.3) is 22.4 Å². The van der Waals surface area contributed by atoms with E-state index in [1.165, 1.54) is 12.1 Å². The number of aromatic amines is 1. The number of hydrogen-bond acceptors (Lipinski definition) is 5. The fourth-order valence-corrected chi connectivity index (χ4v) is 2.55. The van der Waals surface area contributed by atoms with E-state index in [9.17, 15) is 13.6 Å². The molecular formula is C17H17F2N5O2. The smallest absolute Gasteiger partial charge is 0.303 e. The number of benzene rings is 1. The first kappa shape index (κ1) is 17.7. The molecule has 0 aliphatic carbocycles. The summed E-state index contributed by atoms with van der Waals surface area (Å²) in [6.45, 7) is 0.447. The molecule has 3 aromatic rings. The molecule has 2 heterocycles. The normalized spacial score (nSPS) is 11.0. The van der Waals surface area contributed by atoms with Crippen molar-refractivity contribution in [1.29, 1.82) is 0 Å². The van der Waals surface area contributed by atoms with Crippen LogP contribution in [0.3, 0.4) is 0 Å². The van der Waals surface area contributed by atoms with E-state index in [0.717, 1.165) is 6.20 Å². The van der Waals surface area contributed by atoms with Gasteiger partial charge in [0.05, 0.1) is 11.7 Å². The van der Waals surface area contributed by atoms with Gasteiger partial charge < -0.3 is 10.4 Å². The molecule has 0 aliphatic rings. The number of aromatic nitrogens is 4. The third-order valence-corrected chi connectivity index (χ3v) is 3.84. The molecule has 1 aromatic carbocycles. The second kappa shape index (κ2) is 7.85. The van der Waals surface area contributed by atoms with Gasteiger partial charge in [0, 0.05) is 18.4 Å². The largest absolute Gasteiger partial charge is 0.481 e. The quantitative estimate of drug-likeness (QED) is 0.532. The van der Waals surface area contributed by atoms with Crippen molar-refractivity contribution in [2.24, 2.45) is 0 Å². The maximum Gasteiger partial charge on any atom is 0.303 e. The molecule has 0 atom stereocenters. The van der Waals surface area contributed by atoms with Crippen molar-refractivity contribution in [3.8, 4) is 11.5 Å². The number of carboxylic acid groups (broad SMARTS) is 1. The third-order valence-electron chi connectivity index (χ3n) is 3.84.